The Morgan fingerprint density at radius 3 is 1.55 bits per heavy atom. The first-order valence-electron chi connectivity index (χ1n) is 10.9. The van der Waals surface area contributed by atoms with Crippen molar-refractivity contribution in [2.24, 2.45) is 33.7 Å². The van der Waals surface area contributed by atoms with Crippen molar-refractivity contribution < 1.29 is 64.4 Å². The van der Waals surface area contributed by atoms with Crippen molar-refractivity contribution in [1.29, 1.82) is 0 Å². The normalized spacial score (nSPS) is 12.0. The second-order valence-corrected chi connectivity index (χ2v) is 7.38. The molecule has 262 valence electrons. The molecule has 0 spiro atoms. The lowest BCUT2D eigenvalue weighted by Gasteiger charge is -2.12. The Kier molecular flexibility index (Phi) is 39.2. The summed E-state index contributed by atoms with van der Waals surface area (Å²) in [5.74, 6) is -6.76. The van der Waals surface area contributed by atoms with Crippen LogP contribution in [-0.2, 0) is 28.9 Å². The number of urea groups is 1. The summed E-state index contributed by atoms with van der Waals surface area (Å²) in [5.41, 5.74) is 25.4. The van der Waals surface area contributed by atoms with E-state index in [9.17, 15) is 28.8 Å². The molecule has 21 nitrogen and oxygen atoms in total. The van der Waals surface area contributed by atoms with E-state index in [0.29, 0.717) is 6.42 Å². The van der Waals surface area contributed by atoms with Gasteiger partial charge in [-0.3, -0.25) is 24.2 Å². The van der Waals surface area contributed by atoms with Crippen LogP contribution in [0.4, 0.5) is 4.79 Å². The fraction of sp³-hybridized carbons (Fsp3) is 0.609. The molecular weight excluding hydrogens is 596 g/mol. The first kappa shape index (κ1) is 55.2. The summed E-state index contributed by atoms with van der Waals surface area (Å²) in [6, 6.07) is -5.35. The molecule has 0 aliphatic heterocycles. The van der Waals surface area contributed by atoms with Gasteiger partial charge in [-0.2, -0.15) is 0 Å². The number of carboxylic acid groups (broad SMARTS) is 5. The Morgan fingerprint density at radius 1 is 0.773 bits per heavy atom. The summed E-state index contributed by atoms with van der Waals surface area (Å²) < 4.78 is 0. The Hall–Kier alpha value is -4.73. The van der Waals surface area contributed by atoms with Gasteiger partial charge in [0, 0.05) is 13.1 Å². The Balaban J connectivity index is -0.0000000979. The van der Waals surface area contributed by atoms with Crippen LogP contribution in [0.5, 0.6) is 0 Å². The number of primary amides is 1. The summed E-state index contributed by atoms with van der Waals surface area (Å²) >= 11 is 0. The van der Waals surface area contributed by atoms with Crippen LogP contribution in [0, 0.1) is 0 Å². The average molecular weight is 649 g/mol. The molecule has 0 saturated heterocycles. The topological polar surface area (TPSA) is 400 Å². The molecule has 0 aliphatic rings. The lowest BCUT2D eigenvalue weighted by atomic mass is 10.2. The molecule has 2 amide bonds. The minimum Gasteiger partial charge on any atom is -0.481 e. The van der Waals surface area contributed by atoms with E-state index in [0.717, 1.165) is 0 Å². The van der Waals surface area contributed by atoms with E-state index in [1.165, 1.54) is 0 Å². The van der Waals surface area contributed by atoms with Gasteiger partial charge in [-0.25, -0.2) is 14.8 Å². The summed E-state index contributed by atoms with van der Waals surface area (Å²) in [4.78, 5) is 69.0. The highest BCUT2D eigenvalue weighted by Crippen LogP contribution is 1.97. The maximum Gasteiger partial charge on any atom is 0.328 e. The summed E-state index contributed by atoms with van der Waals surface area (Å²) in [6.07, 6.45) is 0.0871. The molecule has 44 heavy (non-hydrogen) atoms. The van der Waals surface area contributed by atoms with Crippen molar-refractivity contribution in [1.82, 2.24) is 10.6 Å². The molecule has 18 N–H and O–H groups in total. The lowest BCUT2D eigenvalue weighted by molar-refractivity contribution is -0.208. The molecule has 0 aromatic rings. The largest absolute Gasteiger partial charge is 0.481 e. The van der Waals surface area contributed by atoms with Crippen molar-refractivity contribution in [3.63, 3.8) is 0 Å². The molecule has 21 heteroatoms. The number of rotatable bonds is 16. The zero-order valence-corrected chi connectivity index (χ0v) is 21.1. The highest BCUT2D eigenvalue weighted by Gasteiger charge is 2.21. The van der Waals surface area contributed by atoms with Crippen LogP contribution in [0.1, 0.15) is 55.4 Å². The predicted octanol–water partition coefficient (Wildman–Crippen LogP) is -1.59. The lowest BCUT2D eigenvalue weighted by Crippen LogP contribution is -2.45. The number of nitrogens with zero attached hydrogens (tertiary/aromatic N) is 1. The third-order valence-corrected chi connectivity index (χ3v) is 4.07. The van der Waals surface area contributed by atoms with Gasteiger partial charge in [0.1, 0.15) is 18.1 Å². The summed E-state index contributed by atoms with van der Waals surface area (Å²) in [6.45, 7) is 3.35. The molecule has 0 fully saturated rings. The van der Waals surface area contributed by atoms with Crippen molar-refractivity contribution in [3.05, 3.63) is 12.3 Å². The molecule has 4 unspecified atom stereocenters. The van der Waals surface area contributed by atoms with Crippen molar-refractivity contribution in [2.75, 3.05) is 13.1 Å². The fourth-order valence-corrected chi connectivity index (χ4v) is 1.90. The molecule has 0 heterocycles. The molecule has 0 aromatic carbocycles. The zero-order chi connectivity index (χ0) is 32.0. The number of nitrogens with two attached hydrogens (primary N) is 5. The molecule has 0 rings (SSSR count). The van der Waals surface area contributed by atoms with E-state index >= 15 is 0 Å². The van der Waals surface area contributed by atoms with Crippen LogP contribution >= 0.6 is 0 Å². The summed E-state index contributed by atoms with van der Waals surface area (Å²) in [5, 5.41) is 54.5. The molecule has 0 aromatic heterocycles. The van der Waals surface area contributed by atoms with E-state index in [2.05, 4.69) is 27.1 Å². The number of hydrogen-bond acceptors (Lipinski definition) is 12. The first-order chi connectivity index (χ1) is 18.4. The Bertz CT molecular complexity index is 903. The van der Waals surface area contributed by atoms with Gasteiger partial charge in [-0.15, -0.1) is 0 Å². The fourth-order valence-electron chi connectivity index (χ4n) is 1.90. The second kappa shape index (κ2) is 31.2. The zero-order valence-electron chi connectivity index (χ0n) is 21.1. The minimum atomic E-state index is -1.38. The number of hydrogen-bond donors (Lipinski definition) is 13. The van der Waals surface area contributed by atoms with E-state index < -0.39 is 66.5 Å². The van der Waals surface area contributed by atoms with E-state index in [1.807, 2.05) is 0 Å². The molecule has 0 bridgehead atoms. The number of carbonyl (C=O) groups excluding carboxylic acids is 1. The minimum absolute atomic E-state index is 0. The first-order valence-corrected chi connectivity index (χ1v) is 10.9. The van der Waals surface area contributed by atoms with Gasteiger partial charge >= 0.3 is 35.9 Å². The van der Waals surface area contributed by atoms with E-state index in [4.69, 9.17) is 59.5 Å². The van der Waals surface area contributed by atoms with Crippen LogP contribution in [0.15, 0.2) is 17.3 Å². The number of nitrogens with one attached hydrogen (secondary N) is 2. The standard InChI is InChI=1S/C10H18N4O6.C5H11N3O3.C4H7NO4.4CH4/c11-5(8(17)18)2-1-3-13-10(12)14-6(9(19)20)4-7(15)16;6-3(4(9)10)1-2-8-5(7)11;1-2(9-8)3(5)4(6)7;;;;/h5-6H,1-4,11H2,(H,15,16)(H,17,18)(H,19,20)(H3,12,13,14);3H,1-2,6H2,(H,9,10)(H3,7,8,11);3,8H,1,5H2,(H,6,7);4*1H4. The Labute approximate surface area is 256 Å². The van der Waals surface area contributed by atoms with Gasteiger partial charge in [0.25, 0.3) is 0 Å². The van der Waals surface area contributed by atoms with Gasteiger partial charge in [-0.1, -0.05) is 36.3 Å². The van der Waals surface area contributed by atoms with Gasteiger partial charge in [0.2, 0.25) is 0 Å². The number of guanidine groups is 1. The number of aliphatic imine (C=N–C) groups is 1. The summed E-state index contributed by atoms with van der Waals surface area (Å²) in [7, 11) is 0. The Morgan fingerprint density at radius 2 is 1.23 bits per heavy atom. The van der Waals surface area contributed by atoms with Crippen molar-refractivity contribution >= 4 is 41.8 Å². The molecule has 0 aliphatic carbocycles. The smallest absolute Gasteiger partial charge is 0.328 e. The number of amides is 2. The van der Waals surface area contributed by atoms with Crippen LogP contribution in [-0.4, -0.2) is 110 Å². The average Bonchev–Trinajstić information content (AvgIpc) is 2.84. The maximum absolute atomic E-state index is 10.7. The third-order valence-electron chi connectivity index (χ3n) is 4.07. The highest BCUT2D eigenvalue weighted by molar-refractivity contribution is 5.87. The van der Waals surface area contributed by atoms with Gasteiger partial charge in [0.05, 0.1) is 6.42 Å². The predicted molar refractivity (Wildman–Crippen MR) is 161 cm³/mol. The van der Waals surface area contributed by atoms with Crippen LogP contribution < -0.4 is 39.3 Å². The number of carboxylic acids is 5. The molecule has 0 saturated carbocycles. The molecule has 0 radical (unpaired) electrons. The monoisotopic (exact) mass is 648 g/mol. The maximum atomic E-state index is 10.7. The van der Waals surface area contributed by atoms with Crippen LogP contribution in [0.25, 0.3) is 0 Å². The van der Waals surface area contributed by atoms with E-state index in [-0.39, 0.29) is 67.4 Å². The molecular formula is C23H52N8O13. The third kappa shape index (κ3) is 33.5. The SMILES string of the molecule is C.C.C.C.C=C(OO)C(N)C(=O)O.NC(=NCCCC(N)C(=O)O)NC(CC(=O)O)C(=O)O.NC(=O)NCCC(N)C(=O)O. The number of carbonyl (C=O) groups is 6. The van der Waals surface area contributed by atoms with E-state index in [1.54, 1.807) is 0 Å². The van der Waals surface area contributed by atoms with Crippen LogP contribution in [0.2, 0.25) is 0 Å². The highest BCUT2D eigenvalue weighted by atomic mass is 17.1. The van der Waals surface area contributed by atoms with Crippen molar-refractivity contribution in [3.8, 4) is 0 Å². The quantitative estimate of drug-likeness (QED) is 0.0224. The van der Waals surface area contributed by atoms with Gasteiger partial charge in [-0.05, 0) is 19.3 Å². The molecule has 4 atom stereocenters. The van der Waals surface area contributed by atoms with Gasteiger partial charge in [0.15, 0.2) is 17.8 Å². The second-order valence-electron chi connectivity index (χ2n) is 7.38. The van der Waals surface area contributed by atoms with Gasteiger partial charge < -0.3 is 69.7 Å². The number of aliphatic carboxylic acids is 5. The van der Waals surface area contributed by atoms with Crippen molar-refractivity contribution in [2.45, 2.75) is 79.6 Å². The van der Waals surface area contributed by atoms with Crippen LogP contribution in [0.3, 0.4) is 0 Å².